The number of nitrogens with one attached hydrogen (secondary N) is 1. The van der Waals surface area contributed by atoms with Crippen molar-refractivity contribution in [3.63, 3.8) is 0 Å². The fraction of sp³-hybridized carbons (Fsp3) is 0.833. The summed E-state index contributed by atoms with van der Waals surface area (Å²) in [5.74, 6) is -2.18. The highest BCUT2D eigenvalue weighted by Crippen LogP contribution is 2.12. The van der Waals surface area contributed by atoms with Gasteiger partial charge in [0, 0.05) is 0 Å². The summed E-state index contributed by atoms with van der Waals surface area (Å²) in [7, 11) is -4.16. The average Bonchev–Trinajstić information content (AvgIpc) is 2.10. The summed E-state index contributed by atoms with van der Waals surface area (Å²) < 4.78 is 58.2. The van der Waals surface area contributed by atoms with E-state index in [4.69, 9.17) is 10.8 Å². The first-order valence-corrected chi connectivity index (χ1v) is 5.71. The molecule has 0 saturated carbocycles. The quantitative estimate of drug-likeness (QED) is 0.586. The highest BCUT2D eigenvalue weighted by molar-refractivity contribution is 7.89. The Hall–Kier alpha value is -0.870. The first-order valence-electron chi connectivity index (χ1n) is 4.06. The van der Waals surface area contributed by atoms with Crippen molar-refractivity contribution in [2.24, 2.45) is 5.73 Å². The number of aliphatic carboxylic acids is 1. The highest BCUT2D eigenvalue weighted by Gasteiger charge is 2.29. The van der Waals surface area contributed by atoms with Crippen LogP contribution in [0.5, 0.6) is 0 Å². The number of sulfonamides is 1. The van der Waals surface area contributed by atoms with Gasteiger partial charge in [-0.15, -0.1) is 0 Å². The molecule has 0 spiro atoms. The highest BCUT2D eigenvalue weighted by atomic mass is 32.2. The molecule has 0 heterocycles. The molecule has 0 aliphatic heterocycles. The van der Waals surface area contributed by atoms with Gasteiger partial charge < -0.3 is 10.8 Å². The van der Waals surface area contributed by atoms with E-state index in [0.717, 1.165) is 0 Å². The Morgan fingerprint density at radius 1 is 1.44 bits per heavy atom. The molecule has 0 unspecified atom stereocenters. The lowest BCUT2D eigenvalue weighted by Crippen LogP contribution is -2.38. The van der Waals surface area contributed by atoms with Gasteiger partial charge in [0.15, 0.2) is 0 Å². The lowest BCUT2D eigenvalue weighted by molar-refractivity contribution is -0.138. The minimum absolute atomic E-state index is 0.456. The van der Waals surface area contributed by atoms with Crippen LogP contribution in [-0.4, -0.2) is 44.0 Å². The van der Waals surface area contributed by atoms with Crippen molar-refractivity contribution >= 4 is 16.0 Å². The summed E-state index contributed by atoms with van der Waals surface area (Å²) in [6, 6.07) is -1.41. The summed E-state index contributed by atoms with van der Waals surface area (Å²) in [5.41, 5.74) is 4.99. The zero-order chi connectivity index (χ0) is 13.0. The van der Waals surface area contributed by atoms with Crippen LogP contribution >= 0.6 is 0 Å². The molecule has 0 saturated heterocycles. The van der Waals surface area contributed by atoms with Crippen LogP contribution in [0.3, 0.4) is 0 Å². The minimum Gasteiger partial charge on any atom is -0.480 e. The first-order chi connectivity index (χ1) is 7.03. The fourth-order valence-corrected chi connectivity index (χ4v) is 1.76. The van der Waals surface area contributed by atoms with Crippen molar-refractivity contribution in [2.75, 3.05) is 12.3 Å². The summed E-state index contributed by atoms with van der Waals surface area (Å²) in [5, 5.41) is 8.32. The normalized spacial score (nSPS) is 14.8. The number of hydrogen-bond donors (Lipinski definition) is 3. The predicted octanol–water partition coefficient (Wildman–Crippen LogP) is -0.730. The Labute approximate surface area is 89.7 Å². The van der Waals surface area contributed by atoms with Gasteiger partial charge in [0.1, 0.15) is 12.6 Å². The Morgan fingerprint density at radius 2 is 1.94 bits per heavy atom. The molecule has 0 bridgehead atoms. The topological polar surface area (TPSA) is 109 Å². The van der Waals surface area contributed by atoms with Gasteiger partial charge in [-0.1, -0.05) is 0 Å². The SMILES string of the molecule is N[C@@H](CCS(=O)(=O)NCC(F)(F)F)C(=O)O. The van der Waals surface area contributed by atoms with E-state index >= 15 is 0 Å². The second kappa shape index (κ2) is 5.46. The van der Waals surface area contributed by atoms with Crippen LogP contribution in [0.15, 0.2) is 0 Å². The molecule has 10 heteroatoms. The molecule has 0 fully saturated rings. The van der Waals surface area contributed by atoms with Gasteiger partial charge >= 0.3 is 12.1 Å². The number of carboxylic acid groups (broad SMARTS) is 1. The van der Waals surface area contributed by atoms with Crippen molar-refractivity contribution in [3.05, 3.63) is 0 Å². The molecule has 0 aromatic heterocycles. The van der Waals surface area contributed by atoms with Crippen molar-refractivity contribution < 1.29 is 31.5 Å². The molecule has 0 rings (SSSR count). The summed E-state index contributed by atoms with van der Waals surface area (Å²) >= 11 is 0. The molecule has 0 aliphatic carbocycles. The lowest BCUT2D eigenvalue weighted by Gasteiger charge is -2.10. The zero-order valence-electron chi connectivity index (χ0n) is 7.99. The zero-order valence-corrected chi connectivity index (χ0v) is 8.81. The van der Waals surface area contributed by atoms with Crippen molar-refractivity contribution in [2.45, 2.75) is 18.6 Å². The lowest BCUT2D eigenvalue weighted by atomic mass is 10.2. The molecule has 16 heavy (non-hydrogen) atoms. The summed E-state index contributed by atoms with van der Waals surface area (Å²) in [6.45, 7) is -1.68. The van der Waals surface area contributed by atoms with Gasteiger partial charge in [-0.05, 0) is 6.42 Å². The Bertz CT molecular complexity index is 340. The van der Waals surface area contributed by atoms with E-state index in [1.165, 1.54) is 4.72 Å². The molecule has 0 aromatic carbocycles. The van der Waals surface area contributed by atoms with Gasteiger partial charge in [-0.3, -0.25) is 4.79 Å². The molecule has 6 nitrogen and oxygen atoms in total. The van der Waals surface area contributed by atoms with Crippen molar-refractivity contribution in [3.8, 4) is 0 Å². The Balaban J connectivity index is 4.12. The maximum Gasteiger partial charge on any atom is 0.402 e. The van der Waals surface area contributed by atoms with Crippen LogP contribution < -0.4 is 10.5 Å². The molecule has 1 atom stereocenters. The number of rotatable bonds is 6. The van der Waals surface area contributed by atoms with Gasteiger partial charge in [0.2, 0.25) is 10.0 Å². The number of carboxylic acids is 1. The smallest absolute Gasteiger partial charge is 0.402 e. The van der Waals surface area contributed by atoms with E-state index < -0.39 is 46.9 Å². The van der Waals surface area contributed by atoms with Gasteiger partial charge in [-0.25, -0.2) is 13.1 Å². The van der Waals surface area contributed by atoms with Gasteiger partial charge in [0.05, 0.1) is 5.75 Å². The predicted molar refractivity (Wildman–Crippen MR) is 48.1 cm³/mol. The molecule has 96 valence electrons. The fourth-order valence-electron chi connectivity index (χ4n) is 0.670. The maximum absolute atomic E-state index is 11.7. The van der Waals surface area contributed by atoms with Crippen LogP contribution in [0, 0.1) is 0 Å². The van der Waals surface area contributed by atoms with Crippen LogP contribution in [-0.2, 0) is 14.8 Å². The molecule has 0 aromatic rings. The van der Waals surface area contributed by atoms with Crippen LogP contribution in [0.25, 0.3) is 0 Å². The molecule has 4 N–H and O–H groups in total. The second-order valence-corrected chi connectivity index (χ2v) is 4.91. The van der Waals surface area contributed by atoms with Gasteiger partial charge in [0.25, 0.3) is 0 Å². The summed E-state index contributed by atoms with van der Waals surface area (Å²) in [6.07, 6.45) is -5.11. The third-order valence-corrected chi connectivity index (χ3v) is 2.86. The largest absolute Gasteiger partial charge is 0.480 e. The maximum atomic E-state index is 11.7. The van der Waals surface area contributed by atoms with Gasteiger partial charge in [-0.2, -0.15) is 13.2 Å². The summed E-state index contributed by atoms with van der Waals surface area (Å²) in [4.78, 5) is 10.2. The van der Waals surface area contributed by atoms with Crippen LogP contribution in [0.4, 0.5) is 13.2 Å². The van der Waals surface area contributed by atoms with E-state index in [9.17, 15) is 26.4 Å². The van der Waals surface area contributed by atoms with E-state index in [2.05, 4.69) is 0 Å². The Kier molecular flexibility index (Phi) is 5.16. The first kappa shape index (κ1) is 15.1. The molecule has 0 radical (unpaired) electrons. The molecule has 0 aliphatic rings. The van der Waals surface area contributed by atoms with Crippen molar-refractivity contribution in [1.29, 1.82) is 0 Å². The minimum atomic E-state index is -4.65. The molecule has 0 amide bonds. The van der Waals surface area contributed by atoms with Crippen LogP contribution in [0.1, 0.15) is 6.42 Å². The Morgan fingerprint density at radius 3 is 2.31 bits per heavy atom. The third kappa shape index (κ3) is 7.43. The second-order valence-electron chi connectivity index (χ2n) is 2.99. The standard InChI is InChI=1S/C6H11F3N2O4S/c7-6(8,9)3-11-16(14,15)2-1-4(10)5(12)13/h4,11H,1-3,10H2,(H,12,13)/t4-/m0/s1. The monoisotopic (exact) mass is 264 g/mol. The van der Waals surface area contributed by atoms with E-state index in [0.29, 0.717) is 0 Å². The number of hydrogen-bond acceptors (Lipinski definition) is 4. The average molecular weight is 264 g/mol. The number of carbonyl (C=O) groups is 1. The van der Waals surface area contributed by atoms with E-state index in [1.807, 2.05) is 0 Å². The number of nitrogens with two attached hydrogens (primary N) is 1. The molecular weight excluding hydrogens is 253 g/mol. The van der Waals surface area contributed by atoms with E-state index in [-0.39, 0.29) is 0 Å². The van der Waals surface area contributed by atoms with E-state index in [1.54, 1.807) is 0 Å². The third-order valence-electron chi connectivity index (χ3n) is 1.51. The number of alkyl halides is 3. The molecular formula is C6H11F3N2O4S. The van der Waals surface area contributed by atoms with Crippen molar-refractivity contribution in [1.82, 2.24) is 4.72 Å². The number of halogens is 3. The van der Waals surface area contributed by atoms with Crippen LogP contribution in [0.2, 0.25) is 0 Å².